The summed E-state index contributed by atoms with van der Waals surface area (Å²) < 4.78 is 18.6. The minimum atomic E-state index is -0.471. The normalized spacial score (nSPS) is 11.7. The van der Waals surface area contributed by atoms with E-state index in [1.807, 2.05) is 18.2 Å². The van der Waals surface area contributed by atoms with Gasteiger partial charge in [0.15, 0.2) is 11.6 Å². The molecule has 5 nitrogen and oxygen atoms in total. The molecule has 3 N–H and O–H groups in total. The Hall–Kier alpha value is -2.60. The van der Waals surface area contributed by atoms with E-state index in [-0.39, 0.29) is 24.4 Å². The van der Waals surface area contributed by atoms with Crippen LogP contribution in [0.2, 0.25) is 0 Å². The van der Waals surface area contributed by atoms with Crippen LogP contribution >= 0.6 is 0 Å². The molecule has 2 aromatic carbocycles. The predicted molar refractivity (Wildman–Crippen MR) is 89.1 cm³/mol. The average Bonchev–Trinajstić information content (AvgIpc) is 2.60. The summed E-state index contributed by atoms with van der Waals surface area (Å²) in [5.74, 6) is -0.308. The van der Waals surface area contributed by atoms with Crippen LogP contribution in [0.1, 0.15) is 29.7 Å². The molecule has 0 bridgehead atoms. The van der Waals surface area contributed by atoms with Gasteiger partial charge in [-0.05, 0) is 35.7 Å². The second kappa shape index (κ2) is 8.31. The van der Waals surface area contributed by atoms with Gasteiger partial charge in [0.05, 0.1) is 19.8 Å². The fourth-order valence-corrected chi connectivity index (χ4v) is 2.34. The van der Waals surface area contributed by atoms with Gasteiger partial charge < -0.3 is 20.5 Å². The van der Waals surface area contributed by atoms with E-state index in [2.05, 4.69) is 10.6 Å². The van der Waals surface area contributed by atoms with Crippen LogP contribution < -0.4 is 15.4 Å². The lowest BCUT2D eigenvalue weighted by Crippen LogP contribution is -2.36. The van der Waals surface area contributed by atoms with Gasteiger partial charge in [-0.3, -0.25) is 0 Å². The van der Waals surface area contributed by atoms with Crippen molar-refractivity contribution in [2.24, 2.45) is 0 Å². The van der Waals surface area contributed by atoms with Gasteiger partial charge in [0.25, 0.3) is 0 Å². The molecule has 2 aromatic rings. The summed E-state index contributed by atoms with van der Waals surface area (Å²) in [6, 6.07) is 11.2. The van der Waals surface area contributed by atoms with Crippen molar-refractivity contribution in [1.29, 1.82) is 0 Å². The molecule has 2 amide bonds. The molecule has 1 unspecified atom stereocenters. The van der Waals surface area contributed by atoms with E-state index >= 15 is 0 Å². The number of carbonyl (C=O) groups excluding carboxylic acids is 1. The smallest absolute Gasteiger partial charge is 0.315 e. The van der Waals surface area contributed by atoms with Crippen LogP contribution in [0.3, 0.4) is 0 Å². The maximum atomic E-state index is 13.7. The lowest BCUT2D eigenvalue weighted by molar-refractivity contribution is 0.237. The average molecular weight is 332 g/mol. The molecule has 0 fully saturated rings. The summed E-state index contributed by atoms with van der Waals surface area (Å²) in [7, 11) is 1.40. The maximum Gasteiger partial charge on any atom is 0.315 e. The van der Waals surface area contributed by atoms with Crippen molar-refractivity contribution in [2.75, 3.05) is 7.11 Å². The Morgan fingerprint density at radius 2 is 1.96 bits per heavy atom. The molecule has 6 heteroatoms. The SMILES string of the molecule is COc1ccc(C(C)NC(=O)NCc2ccccc2CO)cc1F. The molecule has 0 heterocycles. The van der Waals surface area contributed by atoms with Crippen LogP contribution in [-0.2, 0) is 13.2 Å². The lowest BCUT2D eigenvalue weighted by atomic mass is 10.1. The Morgan fingerprint density at radius 1 is 1.25 bits per heavy atom. The number of halogens is 1. The Balaban J connectivity index is 1.93. The molecule has 2 rings (SSSR count). The second-order valence-corrected chi connectivity index (χ2v) is 5.37. The number of ether oxygens (including phenoxy) is 1. The molecule has 0 saturated carbocycles. The predicted octanol–water partition coefficient (Wildman–Crippen LogP) is 2.89. The number of benzene rings is 2. The standard InChI is InChI=1S/C18H21FN2O3/c1-12(13-7-8-17(24-2)16(19)9-13)21-18(23)20-10-14-5-3-4-6-15(14)11-22/h3-9,12,22H,10-11H2,1-2H3,(H2,20,21,23). The number of hydrogen-bond acceptors (Lipinski definition) is 3. The number of nitrogens with one attached hydrogen (secondary N) is 2. The number of aliphatic hydroxyl groups is 1. The Bertz CT molecular complexity index is 706. The highest BCUT2D eigenvalue weighted by atomic mass is 19.1. The Morgan fingerprint density at radius 3 is 2.58 bits per heavy atom. The number of urea groups is 1. The van der Waals surface area contributed by atoms with Gasteiger partial charge in [0.1, 0.15) is 0 Å². The zero-order chi connectivity index (χ0) is 17.5. The Labute approximate surface area is 140 Å². The highest BCUT2D eigenvalue weighted by Crippen LogP contribution is 2.21. The first-order valence-electron chi connectivity index (χ1n) is 7.60. The van der Waals surface area contributed by atoms with E-state index in [0.29, 0.717) is 12.1 Å². The molecule has 0 radical (unpaired) electrons. The van der Waals surface area contributed by atoms with Crippen molar-refractivity contribution < 1.29 is 19.0 Å². The lowest BCUT2D eigenvalue weighted by Gasteiger charge is -2.16. The number of amides is 2. The molecule has 0 saturated heterocycles. The highest BCUT2D eigenvalue weighted by Gasteiger charge is 2.12. The molecule has 0 aliphatic carbocycles. The minimum Gasteiger partial charge on any atom is -0.494 e. The first-order chi connectivity index (χ1) is 11.5. The topological polar surface area (TPSA) is 70.6 Å². The van der Waals surface area contributed by atoms with Crippen LogP contribution in [-0.4, -0.2) is 18.2 Å². The van der Waals surface area contributed by atoms with E-state index in [1.54, 1.807) is 19.1 Å². The van der Waals surface area contributed by atoms with Crippen molar-refractivity contribution in [3.05, 3.63) is 65.0 Å². The summed E-state index contributed by atoms with van der Waals surface area (Å²) in [5, 5.41) is 14.8. The van der Waals surface area contributed by atoms with E-state index < -0.39 is 5.82 Å². The van der Waals surface area contributed by atoms with Gasteiger partial charge in [0.2, 0.25) is 0 Å². The first-order valence-corrected chi connectivity index (χ1v) is 7.60. The van der Waals surface area contributed by atoms with E-state index in [9.17, 15) is 14.3 Å². The largest absolute Gasteiger partial charge is 0.494 e. The van der Waals surface area contributed by atoms with Gasteiger partial charge in [-0.1, -0.05) is 30.3 Å². The summed E-state index contributed by atoms with van der Waals surface area (Å²) in [4.78, 5) is 12.0. The third-order valence-corrected chi connectivity index (χ3v) is 3.75. The number of hydrogen-bond donors (Lipinski definition) is 3. The summed E-state index contributed by atoms with van der Waals surface area (Å²) in [5.41, 5.74) is 2.25. The molecule has 0 spiro atoms. The summed E-state index contributed by atoms with van der Waals surface area (Å²) in [6.45, 7) is 1.98. The van der Waals surface area contributed by atoms with Crippen LogP contribution in [0.4, 0.5) is 9.18 Å². The van der Waals surface area contributed by atoms with E-state index in [1.165, 1.54) is 19.2 Å². The molecule has 24 heavy (non-hydrogen) atoms. The highest BCUT2D eigenvalue weighted by molar-refractivity contribution is 5.74. The molecule has 128 valence electrons. The van der Waals surface area contributed by atoms with Gasteiger partial charge in [-0.15, -0.1) is 0 Å². The first kappa shape index (κ1) is 17.7. The zero-order valence-corrected chi connectivity index (χ0v) is 13.7. The minimum absolute atomic E-state index is 0.0823. The van der Waals surface area contributed by atoms with Gasteiger partial charge in [0, 0.05) is 6.54 Å². The molecular weight excluding hydrogens is 311 g/mol. The van der Waals surface area contributed by atoms with E-state index in [4.69, 9.17) is 4.74 Å². The number of aliphatic hydroxyl groups excluding tert-OH is 1. The molecule has 0 aliphatic heterocycles. The third kappa shape index (κ3) is 4.45. The fourth-order valence-electron chi connectivity index (χ4n) is 2.34. The van der Waals surface area contributed by atoms with Crippen LogP contribution in [0.25, 0.3) is 0 Å². The molecule has 0 aromatic heterocycles. The van der Waals surface area contributed by atoms with Crippen molar-refractivity contribution in [3.63, 3.8) is 0 Å². The number of carbonyl (C=O) groups is 1. The molecule has 1 atom stereocenters. The summed E-state index contributed by atoms with van der Waals surface area (Å²) in [6.07, 6.45) is 0. The third-order valence-electron chi connectivity index (χ3n) is 3.75. The Kier molecular flexibility index (Phi) is 6.14. The van der Waals surface area contributed by atoms with Crippen LogP contribution in [0, 0.1) is 5.82 Å². The maximum absolute atomic E-state index is 13.7. The van der Waals surface area contributed by atoms with Crippen molar-refractivity contribution >= 4 is 6.03 Å². The van der Waals surface area contributed by atoms with Crippen molar-refractivity contribution in [3.8, 4) is 5.75 Å². The zero-order valence-electron chi connectivity index (χ0n) is 13.7. The van der Waals surface area contributed by atoms with Crippen molar-refractivity contribution in [1.82, 2.24) is 10.6 Å². The van der Waals surface area contributed by atoms with E-state index in [0.717, 1.165) is 11.1 Å². The quantitative estimate of drug-likeness (QED) is 0.762. The second-order valence-electron chi connectivity index (χ2n) is 5.37. The van der Waals surface area contributed by atoms with Crippen LogP contribution in [0.5, 0.6) is 5.75 Å². The molecular formula is C18H21FN2O3. The van der Waals surface area contributed by atoms with Gasteiger partial charge in [-0.2, -0.15) is 0 Å². The van der Waals surface area contributed by atoms with Gasteiger partial charge >= 0.3 is 6.03 Å². The van der Waals surface area contributed by atoms with Crippen LogP contribution in [0.15, 0.2) is 42.5 Å². The number of methoxy groups -OCH3 is 1. The fraction of sp³-hybridized carbons (Fsp3) is 0.278. The summed E-state index contributed by atoms with van der Waals surface area (Å²) >= 11 is 0. The molecule has 0 aliphatic rings. The van der Waals surface area contributed by atoms with Crippen molar-refractivity contribution in [2.45, 2.75) is 26.1 Å². The van der Waals surface area contributed by atoms with Gasteiger partial charge in [-0.25, -0.2) is 9.18 Å². The number of rotatable bonds is 6. The monoisotopic (exact) mass is 332 g/mol.